The first kappa shape index (κ1) is 13.6. The molecule has 0 bridgehead atoms. The first-order valence-electron chi connectivity index (χ1n) is 6.86. The van der Waals surface area contributed by atoms with Gasteiger partial charge in [0.2, 0.25) is 0 Å². The zero-order valence-electron chi connectivity index (χ0n) is 11.7. The molecule has 1 atom stereocenters. The van der Waals surface area contributed by atoms with E-state index in [2.05, 4.69) is 4.98 Å². The summed E-state index contributed by atoms with van der Waals surface area (Å²) < 4.78 is 6.99. The molecule has 110 valence electrons. The first-order chi connectivity index (χ1) is 10.1. The topological polar surface area (TPSA) is 90.4 Å². The number of methoxy groups -OCH3 is 1. The quantitative estimate of drug-likeness (QED) is 0.901. The van der Waals surface area contributed by atoms with Gasteiger partial charge in [-0.2, -0.15) is 0 Å². The predicted molar refractivity (Wildman–Crippen MR) is 77.3 cm³/mol. The lowest BCUT2D eigenvalue weighted by Crippen LogP contribution is -2.26. The molecule has 0 aliphatic carbocycles. The van der Waals surface area contributed by atoms with Crippen molar-refractivity contribution in [3.8, 4) is 17.1 Å². The van der Waals surface area contributed by atoms with Crippen molar-refractivity contribution in [2.75, 3.05) is 7.11 Å². The normalized spacial score (nSPS) is 17.3. The second-order valence-corrected chi connectivity index (χ2v) is 5.09. The van der Waals surface area contributed by atoms with Crippen LogP contribution in [0.4, 0.5) is 0 Å². The highest BCUT2D eigenvalue weighted by Crippen LogP contribution is 2.32. The summed E-state index contributed by atoms with van der Waals surface area (Å²) in [6.45, 7) is 0. The average Bonchev–Trinajstić information content (AvgIpc) is 2.88. The number of carboxylic acids is 1. The van der Waals surface area contributed by atoms with Crippen molar-refractivity contribution in [2.24, 2.45) is 5.73 Å². The minimum atomic E-state index is -1.01. The Morgan fingerprint density at radius 2 is 2.14 bits per heavy atom. The molecule has 21 heavy (non-hydrogen) atoms. The van der Waals surface area contributed by atoms with Crippen molar-refractivity contribution in [1.82, 2.24) is 9.55 Å². The van der Waals surface area contributed by atoms with Gasteiger partial charge >= 0.3 is 5.97 Å². The van der Waals surface area contributed by atoms with Gasteiger partial charge in [-0.05, 0) is 43.5 Å². The number of carbonyl (C=O) groups is 1. The summed E-state index contributed by atoms with van der Waals surface area (Å²) in [5.74, 6) is 0.344. The van der Waals surface area contributed by atoms with Crippen molar-refractivity contribution >= 4 is 5.97 Å². The minimum Gasteiger partial charge on any atom is -0.497 e. The van der Waals surface area contributed by atoms with Gasteiger partial charge in [-0.3, -0.25) is 0 Å². The molecule has 3 rings (SSSR count). The summed E-state index contributed by atoms with van der Waals surface area (Å²) in [6, 6.07) is 7.38. The number of hydrogen-bond acceptors (Lipinski definition) is 4. The van der Waals surface area contributed by atoms with Crippen LogP contribution in [-0.4, -0.2) is 27.7 Å². The fourth-order valence-corrected chi connectivity index (χ4v) is 2.79. The third-order valence-electron chi connectivity index (χ3n) is 3.81. The number of rotatable bonds is 3. The first-order valence-corrected chi connectivity index (χ1v) is 6.86. The van der Waals surface area contributed by atoms with Gasteiger partial charge in [0.25, 0.3) is 0 Å². The predicted octanol–water partition coefficient (Wildman–Crippen LogP) is 2.05. The minimum absolute atomic E-state index is 0.107. The average molecular weight is 287 g/mol. The molecule has 0 saturated heterocycles. The third-order valence-corrected chi connectivity index (χ3v) is 3.81. The molecule has 3 N–H and O–H groups in total. The Labute approximate surface area is 122 Å². The molecule has 2 aromatic rings. The van der Waals surface area contributed by atoms with Crippen LogP contribution < -0.4 is 10.5 Å². The highest BCUT2D eigenvalue weighted by Gasteiger charge is 2.28. The Morgan fingerprint density at radius 3 is 2.76 bits per heavy atom. The lowest BCUT2D eigenvalue weighted by atomic mass is 10.1. The maximum atomic E-state index is 11.4. The van der Waals surface area contributed by atoms with Gasteiger partial charge in [0, 0.05) is 5.56 Å². The largest absolute Gasteiger partial charge is 0.497 e. The van der Waals surface area contributed by atoms with E-state index >= 15 is 0 Å². The second kappa shape index (κ2) is 5.21. The van der Waals surface area contributed by atoms with Crippen LogP contribution in [0.15, 0.2) is 24.3 Å². The molecule has 0 amide bonds. The van der Waals surface area contributed by atoms with Crippen molar-refractivity contribution in [2.45, 2.75) is 25.4 Å². The Hall–Kier alpha value is -2.34. The Kier molecular flexibility index (Phi) is 3.39. The molecule has 0 fully saturated rings. The fourth-order valence-electron chi connectivity index (χ4n) is 2.79. The van der Waals surface area contributed by atoms with Crippen LogP contribution in [0.2, 0.25) is 0 Å². The molecule has 2 heterocycles. The van der Waals surface area contributed by atoms with E-state index in [1.807, 2.05) is 28.8 Å². The van der Waals surface area contributed by atoms with Crippen molar-refractivity contribution < 1.29 is 14.6 Å². The van der Waals surface area contributed by atoms with Gasteiger partial charge in [-0.25, -0.2) is 9.78 Å². The van der Waals surface area contributed by atoms with E-state index in [1.165, 1.54) is 0 Å². The number of imidazole rings is 1. The molecule has 0 spiro atoms. The Balaban J connectivity index is 2.15. The van der Waals surface area contributed by atoms with E-state index < -0.39 is 5.97 Å². The van der Waals surface area contributed by atoms with Gasteiger partial charge in [0.05, 0.1) is 19.0 Å². The summed E-state index contributed by atoms with van der Waals surface area (Å²) in [5, 5.41) is 9.33. The number of nitrogens with two attached hydrogens (primary N) is 1. The molecule has 0 radical (unpaired) electrons. The molecule has 1 aromatic carbocycles. The molecule has 0 saturated carbocycles. The smallest absolute Gasteiger partial charge is 0.356 e. The highest BCUT2D eigenvalue weighted by atomic mass is 16.5. The fraction of sp³-hybridized carbons (Fsp3) is 0.333. The number of aromatic carboxylic acids is 1. The zero-order chi connectivity index (χ0) is 15.0. The van der Waals surface area contributed by atoms with Crippen LogP contribution in [0, 0.1) is 0 Å². The van der Waals surface area contributed by atoms with Gasteiger partial charge in [0.1, 0.15) is 11.6 Å². The lowest BCUT2D eigenvalue weighted by molar-refractivity contribution is 0.0689. The van der Waals surface area contributed by atoms with E-state index in [0.717, 1.165) is 24.2 Å². The number of nitrogens with zero attached hydrogens (tertiary/aromatic N) is 2. The molecule has 1 unspecified atom stereocenters. The number of benzene rings is 1. The van der Waals surface area contributed by atoms with Crippen LogP contribution in [-0.2, 0) is 6.42 Å². The molecule has 6 nitrogen and oxygen atoms in total. The van der Waals surface area contributed by atoms with Gasteiger partial charge in [-0.1, -0.05) is 0 Å². The van der Waals surface area contributed by atoms with Crippen LogP contribution >= 0.6 is 0 Å². The number of aromatic nitrogens is 2. The number of carboxylic acid groups (broad SMARTS) is 1. The molecule has 1 aliphatic heterocycles. The number of hydrogen-bond donors (Lipinski definition) is 2. The molecule has 1 aliphatic rings. The SMILES string of the molecule is COc1ccc(-c2nc(C(=O)O)c3n2C(N)CCC3)cc1. The lowest BCUT2D eigenvalue weighted by Gasteiger charge is -2.24. The summed E-state index contributed by atoms with van der Waals surface area (Å²) in [6.07, 6.45) is 2.17. The van der Waals surface area contributed by atoms with E-state index in [0.29, 0.717) is 17.9 Å². The summed E-state index contributed by atoms with van der Waals surface area (Å²) >= 11 is 0. The van der Waals surface area contributed by atoms with E-state index in [4.69, 9.17) is 10.5 Å². The van der Waals surface area contributed by atoms with E-state index in [1.54, 1.807) is 7.11 Å². The van der Waals surface area contributed by atoms with Gasteiger partial charge in [-0.15, -0.1) is 0 Å². The summed E-state index contributed by atoms with van der Waals surface area (Å²) in [4.78, 5) is 15.7. The van der Waals surface area contributed by atoms with Crippen molar-refractivity contribution in [3.05, 3.63) is 35.7 Å². The molecule has 1 aromatic heterocycles. The number of fused-ring (bicyclic) bond motifs is 1. The van der Waals surface area contributed by atoms with E-state index in [9.17, 15) is 9.90 Å². The maximum absolute atomic E-state index is 11.4. The van der Waals surface area contributed by atoms with Gasteiger partial charge in [0.15, 0.2) is 5.69 Å². The number of ether oxygens (including phenoxy) is 1. The van der Waals surface area contributed by atoms with Crippen LogP contribution in [0.1, 0.15) is 35.2 Å². The Bertz CT molecular complexity index is 676. The van der Waals surface area contributed by atoms with E-state index in [-0.39, 0.29) is 11.9 Å². The standard InChI is InChI=1S/C15H17N3O3/c1-21-10-7-5-9(6-8-10)14-17-13(15(19)20)11-3-2-4-12(16)18(11)14/h5-8,12H,2-4,16H2,1H3,(H,19,20). The van der Waals surface area contributed by atoms with Crippen molar-refractivity contribution in [3.63, 3.8) is 0 Å². The third kappa shape index (κ3) is 2.27. The monoisotopic (exact) mass is 287 g/mol. The second-order valence-electron chi connectivity index (χ2n) is 5.09. The molecular formula is C15H17N3O3. The molecule has 6 heteroatoms. The van der Waals surface area contributed by atoms with Gasteiger partial charge < -0.3 is 20.1 Å². The maximum Gasteiger partial charge on any atom is 0.356 e. The van der Waals surface area contributed by atoms with Crippen molar-refractivity contribution in [1.29, 1.82) is 0 Å². The van der Waals surface area contributed by atoms with Crippen LogP contribution in [0.5, 0.6) is 5.75 Å². The summed E-state index contributed by atoms with van der Waals surface area (Å²) in [7, 11) is 1.60. The van der Waals surface area contributed by atoms with Crippen LogP contribution in [0.3, 0.4) is 0 Å². The summed E-state index contributed by atoms with van der Waals surface area (Å²) in [5.41, 5.74) is 7.82. The van der Waals surface area contributed by atoms with Crippen LogP contribution in [0.25, 0.3) is 11.4 Å². The zero-order valence-corrected chi connectivity index (χ0v) is 11.7. The molecular weight excluding hydrogens is 270 g/mol. The highest BCUT2D eigenvalue weighted by molar-refractivity contribution is 5.88. The Morgan fingerprint density at radius 1 is 1.43 bits per heavy atom.